The molecule has 0 saturated heterocycles. The minimum atomic E-state index is -4.14. The molecular weight excluding hydrogens is 221 g/mol. The molecule has 0 atom stereocenters. The molecule has 0 saturated carbocycles. The largest absolute Gasteiger partial charge is 0.494 e. The third-order valence-corrected chi connectivity index (χ3v) is 1.87. The summed E-state index contributed by atoms with van der Waals surface area (Å²) in [5.74, 6) is 0.409. The predicted molar refractivity (Wildman–Crippen MR) is 52.6 cm³/mol. The van der Waals surface area contributed by atoms with Crippen LogP contribution in [0.25, 0.3) is 0 Å². The topological polar surface area (TPSA) is 26.3 Å². The zero-order valence-corrected chi connectivity index (χ0v) is 8.46. The standard InChI is InChI=1S/C11H11F3O2/c12-11(13,14)5-2-6-16-10-4-1-3-9(7-10)8-15/h1,3-4,7-8H,2,5-6H2. The Balaban J connectivity index is 2.34. The van der Waals surface area contributed by atoms with Gasteiger partial charge in [-0.3, -0.25) is 4.79 Å². The van der Waals surface area contributed by atoms with Gasteiger partial charge in [-0.05, 0) is 18.6 Å². The zero-order chi connectivity index (χ0) is 12.0. The quantitative estimate of drug-likeness (QED) is 0.575. The van der Waals surface area contributed by atoms with E-state index in [0.29, 0.717) is 17.6 Å². The first kappa shape index (κ1) is 12.5. The molecule has 1 aromatic carbocycles. The summed E-state index contributed by atoms with van der Waals surface area (Å²) in [6.45, 7) is -0.0121. The van der Waals surface area contributed by atoms with Crippen molar-refractivity contribution < 1.29 is 22.7 Å². The van der Waals surface area contributed by atoms with Crippen LogP contribution in [-0.2, 0) is 0 Å². The van der Waals surface area contributed by atoms with E-state index in [4.69, 9.17) is 4.74 Å². The third kappa shape index (κ3) is 4.82. The van der Waals surface area contributed by atoms with Crippen molar-refractivity contribution in [3.8, 4) is 5.75 Å². The number of alkyl halides is 3. The van der Waals surface area contributed by atoms with Gasteiger partial charge in [0.25, 0.3) is 0 Å². The first-order valence-corrected chi connectivity index (χ1v) is 4.76. The van der Waals surface area contributed by atoms with E-state index in [9.17, 15) is 18.0 Å². The number of hydrogen-bond acceptors (Lipinski definition) is 2. The van der Waals surface area contributed by atoms with Crippen LogP contribution in [0.15, 0.2) is 24.3 Å². The molecule has 0 unspecified atom stereocenters. The number of aldehydes is 1. The van der Waals surface area contributed by atoms with E-state index in [1.807, 2.05) is 0 Å². The van der Waals surface area contributed by atoms with Crippen LogP contribution >= 0.6 is 0 Å². The fourth-order valence-electron chi connectivity index (χ4n) is 1.14. The van der Waals surface area contributed by atoms with Crippen LogP contribution in [0, 0.1) is 0 Å². The second-order valence-corrected chi connectivity index (χ2v) is 3.26. The molecule has 0 N–H and O–H groups in total. The van der Waals surface area contributed by atoms with Gasteiger partial charge in [0.05, 0.1) is 6.61 Å². The highest BCUT2D eigenvalue weighted by Gasteiger charge is 2.26. The van der Waals surface area contributed by atoms with Crippen LogP contribution in [0.5, 0.6) is 5.75 Å². The van der Waals surface area contributed by atoms with Gasteiger partial charge in [-0.1, -0.05) is 12.1 Å². The SMILES string of the molecule is O=Cc1cccc(OCCCC(F)(F)F)c1. The van der Waals surface area contributed by atoms with E-state index < -0.39 is 12.6 Å². The van der Waals surface area contributed by atoms with Crippen molar-refractivity contribution in [1.82, 2.24) is 0 Å². The van der Waals surface area contributed by atoms with Crippen LogP contribution in [-0.4, -0.2) is 19.1 Å². The Kier molecular flexibility index (Phi) is 4.34. The lowest BCUT2D eigenvalue weighted by Crippen LogP contribution is -2.09. The molecule has 16 heavy (non-hydrogen) atoms. The lowest BCUT2D eigenvalue weighted by Gasteiger charge is -2.08. The molecule has 1 aromatic rings. The van der Waals surface area contributed by atoms with Gasteiger partial charge in [0.15, 0.2) is 0 Å². The Morgan fingerprint density at radius 2 is 2.06 bits per heavy atom. The first-order chi connectivity index (χ1) is 7.51. The van der Waals surface area contributed by atoms with Crippen LogP contribution in [0.2, 0.25) is 0 Å². The molecule has 0 aromatic heterocycles. The van der Waals surface area contributed by atoms with Crippen LogP contribution in [0.4, 0.5) is 13.2 Å². The second kappa shape index (κ2) is 5.53. The summed E-state index contributed by atoms with van der Waals surface area (Å²) >= 11 is 0. The summed E-state index contributed by atoms with van der Waals surface area (Å²) in [4.78, 5) is 10.4. The number of carbonyl (C=O) groups is 1. The van der Waals surface area contributed by atoms with Crippen LogP contribution in [0.3, 0.4) is 0 Å². The van der Waals surface area contributed by atoms with Crippen molar-refractivity contribution in [3.63, 3.8) is 0 Å². The Labute approximate surface area is 91.0 Å². The molecule has 1 rings (SSSR count). The van der Waals surface area contributed by atoms with Gasteiger partial charge in [-0.25, -0.2) is 0 Å². The van der Waals surface area contributed by atoms with Gasteiger partial charge < -0.3 is 4.74 Å². The highest BCUT2D eigenvalue weighted by molar-refractivity contribution is 5.75. The zero-order valence-electron chi connectivity index (χ0n) is 8.46. The smallest absolute Gasteiger partial charge is 0.389 e. The second-order valence-electron chi connectivity index (χ2n) is 3.26. The van der Waals surface area contributed by atoms with Gasteiger partial charge in [-0.2, -0.15) is 13.2 Å². The van der Waals surface area contributed by atoms with Crippen LogP contribution in [0.1, 0.15) is 23.2 Å². The van der Waals surface area contributed by atoms with Gasteiger partial charge in [0.2, 0.25) is 0 Å². The first-order valence-electron chi connectivity index (χ1n) is 4.76. The highest BCUT2D eigenvalue weighted by Crippen LogP contribution is 2.21. The van der Waals surface area contributed by atoms with Crippen LogP contribution < -0.4 is 4.74 Å². The molecule has 0 fully saturated rings. The van der Waals surface area contributed by atoms with Crippen molar-refractivity contribution in [2.24, 2.45) is 0 Å². The number of ether oxygens (including phenoxy) is 1. The lowest BCUT2D eigenvalue weighted by molar-refractivity contribution is -0.136. The molecule has 0 amide bonds. The molecule has 0 aliphatic heterocycles. The van der Waals surface area contributed by atoms with Gasteiger partial charge >= 0.3 is 6.18 Å². The van der Waals surface area contributed by atoms with Crippen molar-refractivity contribution >= 4 is 6.29 Å². The fraction of sp³-hybridized carbons (Fsp3) is 0.364. The van der Waals surface area contributed by atoms with Crippen molar-refractivity contribution in [2.75, 3.05) is 6.61 Å². The van der Waals surface area contributed by atoms with E-state index in [-0.39, 0.29) is 13.0 Å². The number of rotatable bonds is 5. The average Bonchev–Trinajstić information content (AvgIpc) is 2.23. The molecule has 0 bridgehead atoms. The Morgan fingerprint density at radius 3 is 2.69 bits per heavy atom. The Hall–Kier alpha value is -1.52. The Morgan fingerprint density at radius 1 is 1.31 bits per heavy atom. The summed E-state index contributed by atoms with van der Waals surface area (Å²) in [5, 5.41) is 0. The number of carbonyl (C=O) groups excluding carboxylic acids is 1. The monoisotopic (exact) mass is 232 g/mol. The van der Waals surface area contributed by atoms with E-state index in [1.165, 1.54) is 6.07 Å². The summed E-state index contributed by atoms with van der Waals surface area (Å²) < 4.78 is 40.5. The molecule has 0 radical (unpaired) electrons. The van der Waals surface area contributed by atoms with Gasteiger partial charge in [-0.15, -0.1) is 0 Å². The maximum absolute atomic E-state index is 11.8. The Bertz CT molecular complexity index is 347. The number of hydrogen-bond donors (Lipinski definition) is 0. The maximum Gasteiger partial charge on any atom is 0.389 e. The van der Waals surface area contributed by atoms with E-state index in [2.05, 4.69) is 0 Å². The summed E-state index contributed by atoms with van der Waals surface area (Å²) in [6, 6.07) is 6.29. The highest BCUT2D eigenvalue weighted by atomic mass is 19.4. The molecule has 0 aliphatic carbocycles. The lowest BCUT2D eigenvalue weighted by atomic mass is 10.2. The minimum absolute atomic E-state index is 0.0121. The summed E-state index contributed by atoms with van der Waals surface area (Å²) in [5.41, 5.74) is 0.438. The number of halogens is 3. The minimum Gasteiger partial charge on any atom is -0.494 e. The normalized spacial score (nSPS) is 11.2. The maximum atomic E-state index is 11.8. The molecule has 0 aliphatic rings. The van der Waals surface area contributed by atoms with E-state index in [0.717, 1.165) is 0 Å². The summed E-state index contributed by atoms with van der Waals surface area (Å²) in [7, 11) is 0. The van der Waals surface area contributed by atoms with Crippen molar-refractivity contribution in [1.29, 1.82) is 0 Å². The van der Waals surface area contributed by atoms with Crippen molar-refractivity contribution in [3.05, 3.63) is 29.8 Å². The van der Waals surface area contributed by atoms with Crippen molar-refractivity contribution in [2.45, 2.75) is 19.0 Å². The molecule has 5 heteroatoms. The molecule has 2 nitrogen and oxygen atoms in total. The molecule has 88 valence electrons. The third-order valence-electron chi connectivity index (χ3n) is 1.87. The van der Waals surface area contributed by atoms with Gasteiger partial charge in [0.1, 0.15) is 12.0 Å². The van der Waals surface area contributed by atoms with E-state index in [1.54, 1.807) is 18.2 Å². The molecule has 0 spiro atoms. The average molecular weight is 232 g/mol. The fourth-order valence-corrected chi connectivity index (χ4v) is 1.14. The molecule has 0 heterocycles. The predicted octanol–water partition coefficient (Wildman–Crippen LogP) is 3.22. The molecular formula is C11H11F3O2. The van der Waals surface area contributed by atoms with Gasteiger partial charge in [0, 0.05) is 12.0 Å². The number of benzene rings is 1. The summed E-state index contributed by atoms with van der Waals surface area (Å²) in [6.07, 6.45) is -4.44. The van der Waals surface area contributed by atoms with E-state index >= 15 is 0 Å².